The van der Waals surface area contributed by atoms with E-state index < -0.39 is 5.92 Å². The molecule has 0 spiro atoms. The predicted molar refractivity (Wildman–Crippen MR) is 198 cm³/mol. The van der Waals surface area contributed by atoms with Crippen LogP contribution in [0.15, 0.2) is 113 Å². The van der Waals surface area contributed by atoms with Crippen LogP contribution in [0.25, 0.3) is 33.3 Å². The van der Waals surface area contributed by atoms with E-state index in [1.165, 1.54) is 0 Å². The lowest BCUT2D eigenvalue weighted by Crippen LogP contribution is -2.20. The van der Waals surface area contributed by atoms with E-state index in [2.05, 4.69) is 67.3 Å². The van der Waals surface area contributed by atoms with Crippen molar-refractivity contribution in [1.29, 1.82) is 0 Å². The minimum Gasteiger partial charge on any atom is -0.493 e. The third-order valence-electron chi connectivity index (χ3n) is 8.72. The van der Waals surface area contributed by atoms with E-state index in [9.17, 15) is 9.59 Å². The summed E-state index contributed by atoms with van der Waals surface area (Å²) >= 11 is 2.24. The fourth-order valence-corrected chi connectivity index (χ4v) is 7.06. The molecule has 0 bridgehead atoms. The van der Waals surface area contributed by atoms with Gasteiger partial charge in [-0.05, 0) is 81.6 Å². The fourth-order valence-electron chi connectivity index (χ4n) is 6.27. The molecule has 2 aromatic heterocycles. The molecule has 7 aromatic rings. The Hall–Kier alpha value is -5.29. The van der Waals surface area contributed by atoms with Crippen LogP contribution in [0.5, 0.6) is 11.5 Å². The third kappa shape index (κ3) is 5.85. The Morgan fingerprint density at radius 3 is 1.83 bits per heavy atom. The second-order valence-electron chi connectivity index (χ2n) is 11.9. The van der Waals surface area contributed by atoms with E-state index >= 15 is 0 Å². The zero-order chi connectivity index (χ0) is 33.4. The number of rotatable bonds is 9. The predicted octanol–water partition coefficient (Wildman–Crippen LogP) is 8.20. The quantitative estimate of drug-likeness (QED) is 0.112. The highest BCUT2D eigenvalue weighted by Gasteiger charge is 2.32. The van der Waals surface area contributed by atoms with Gasteiger partial charge in [0.1, 0.15) is 6.61 Å². The summed E-state index contributed by atoms with van der Waals surface area (Å²) in [6.45, 7) is 4.36. The van der Waals surface area contributed by atoms with Crippen molar-refractivity contribution in [3.05, 3.63) is 161 Å². The van der Waals surface area contributed by atoms with Gasteiger partial charge < -0.3 is 9.47 Å². The molecule has 5 aromatic carbocycles. The number of halogens is 1. The van der Waals surface area contributed by atoms with Gasteiger partial charge in [0.25, 0.3) is 11.1 Å². The first-order valence-corrected chi connectivity index (χ1v) is 16.6. The van der Waals surface area contributed by atoms with Gasteiger partial charge in [0.05, 0.1) is 33.2 Å². The first-order valence-electron chi connectivity index (χ1n) is 15.5. The van der Waals surface area contributed by atoms with Crippen LogP contribution in [-0.2, 0) is 6.61 Å². The third-order valence-corrected chi connectivity index (χ3v) is 9.53. The molecule has 0 amide bonds. The number of ether oxygens (including phenoxy) is 2. The second kappa shape index (κ2) is 13.1. The van der Waals surface area contributed by atoms with Crippen LogP contribution >= 0.6 is 22.6 Å². The molecule has 0 radical (unpaired) electrons. The van der Waals surface area contributed by atoms with Gasteiger partial charge in [0.2, 0.25) is 0 Å². The molecule has 0 fully saturated rings. The van der Waals surface area contributed by atoms with Crippen LogP contribution in [0.1, 0.15) is 39.3 Å². The van der Waals surface area contributed by atoms with Crippen molar-refractivity contribution >= 4 is 33.4 Å². The Balaban J connectivity index is 1.39. The highest BCUT2D eigenvalue weighted by Crippen LogP contribution is 2.43. The smallest absolute Gasteiger partial charge is 0.268 e. The Bertz CT molecular complexity index is 2260. The summed E-state index contributed by atoms with van der Waals surface area (Å²) in [5, 5.41) is 14.0. The Morgan fingerprint density at radius 1 is 0.688 bits per heavy atom. The summed E-state index contributed by atoms with van der Waals surface area (Å²) < 4.78 is 13.1. The van der Waals surface area contributed by atoms with E-state index in [1.807, 2.05) is 92.7 Å². The topological polar surface area (TPSA) is 116 Å². The molecule has 4 N–H and O–H groups in total. The number of benzene rings is 5. The van der Waals surface area contributed by atoms with E-state index in [0.29, 0.717) is 46.2 Å². The van der Waals surface area contributed by atoms with Gasteiger partial charge in [-0.25, -0.2) is 0 Å². The van der Waals surface area contributed by atoms with Crippen LogP contribution in [0.2, 0.25) is 0 Å². The molecule has 0 aliphatic heterocycles. The average Bonchev–Trinajstić information content (AvgIpc) is 3.67. The molecular weight excluding hydrogens is 715 g/mol. The minimum absolute atomic E-state index is 0.323. The Labute approximate surface area is 290 Å². The lowest BCUT2D eigenvalue weighted by Gasteiger charge is -2.21. The average molecular weight is 749 g/mol. The zero-order valence-corrected chi connectivity index (χ0v) is 28.8. The van der Waals surface area contributed by atoms with E-state index in [1.54, 1.807) is 7.11 Å². The van der Waals surface area contributed by atoms with Crippen LogP contribution in [0.3, 0.4) is 0 Å². The van der Waals surface area contributed by atoms with Crippen molar-refractivity contribution in [1.82, 2.24) is 20.4 Å². The Kier molecular flexibility index (Phi) is 8.53. The zero-order valence-electron chi connectivity index (χ0n) is 26.6. The monoisotopic (exact) mass is 748 g/mol. The number of aromatic nitrogens is 4. The number of nitrogens with one attached hydrogen (secondary N) is 4. The lowest BCUT2D eigenvalue weighted by atomic mass is 9.83. The largest absolute Gasteiger partial charge is 0.493 e. The van der Waals surface area contributed by atoms with Gasteiger partial charge in [-0.1, -0.05) is 102 Å². The molecular formula is C39H33IN4O4. The summed E-state index contributed by atoms with van der Waals surface area (Å²) in [5.41, 5.74) is 6.97. The van der Waals surface area contributed by atoms with Gasteiger partial charge in [0.15, 0.2) is 11.5 Å². The number of hydrogen-bond acceptors (Lipinski definition) is 4. The number of aromatic amines is 4. The second-order valence-corrected chi connectivity index (χ2v) is 13.0. The van der Waals surface area contributed by atoms with Crippen LogP contribution in [0.4, 0.5) is 0 Å². The molecule has 0 atom stereocenters. The van der Waals surface area contributed by atoms with Crippen molar-refractivity contribution in [3.63, 3.8) is 0 Å². The molecule has 48 heavy (non-hydrogen) atoms. The van der Waals surface area contributed by atoms with Gasteiger partial charge in [-0.3, -0.25) is 30.0 Å². The highest BCUT2D eigenvalue weighted by molar-refractivity contribution is 14.1. The van der Waals surface area contributed by atoms with Gasteiger partial charge in [-0.15, -0.1) is 0 Å². The minimum atomic E-state index is -0.780. The number of hydrogen-bond donors (Lipinski definition) is 4. The summed E-state index contributed by atoms with van der Waals surface area (Å²) in [7, 11) is 1.59. The van der Waals surface area contributed by atoms with E-state index in [-0.39, 0.29) is 11.1 Å². The summed E-state index contributed by atoms with van der Waals surface area (Å²) in [6, 6.07) is 34.0. The molecule has 0 saturated heterocycles. The van der Waals surface area contributed by atoms with Gasteiger partial charge in [0, 0.05) is 5.92 Å². The van der Waals surface area contributed by atoms with Crippen molar-refractivity contribution in [2.45, 2.75) is 26.4 Å². The number of H-pyrrole nitrogens is 4. The SMILES string of the molecule is COc1cc(C(c2c(-c3ccc(C)cc3)[nH][nH]c2=O)c2c(-c3ccc(C)cc3)[nH][nH]c2=O)cc(I)c1OCc1cccc2ccccc12. The molecule has 8 nitrogen and oxygen atoms in total. The van der Waals surface area contributed by atoms with E-state index in [4.69, 9.17) is 9.47 Å². The van der Waals surface area contributed by atoms with Crippen molar-refractivity contribution < 1.29 is 9.47 Å². The maximum absolute atomic E-state index is 13.8. The normalized spacial score (nSPS) is 11.4. The number of fused-ring (bicyclic) bond motifs is 1. The summed E-state index contributed by atoms with van der Waals surface area (Å²) in [4.78, 5) is 27.6. The van der Waals surface area contributed by atoms with Crippen molar-refractivity contribution in [2.75, 3.05) is 7.11 Å². The Morgan fingerprint density at radius 2 is 1.25 bits per heavy atom. The first-order chi connectivity index (χ1) is 23.3. The molecule has 2 heterocycles. The molecule has 0 saturated carbocycles. The maximum Gasteiger partial charge on any atom is 0.268 e. The molecule has 0 unspecified atom stereocenters. The van der Waals surface area contributed by atoms with Crippen LogP contribution in [0, 0.1) is 17.4 Å². The van der Waals surface area contributed by atoms with Crippen LogP contribution < -0.4 is 20.6 Å². The maximum atomic E-state index is 13.8. The number of methoxy groups -OCH3 is 1. The molecule has 7 rings (SSSR count). The molecule has 0 aliphatic rings. The van der Waals surface area contributed by atoms with Gasteiger partial charge >= 0.3 is 0 Å². The standard InChI is InChI=1S/C39H33IN4O4/c1-22-11-15-25(16-12-22)35-33(38(45)43-41-35)32(34-36(42-44-39(34)46)26-17-13-23(2)14-18-26)28-19-30(40)37(31(20-28)47-3)48-21-27-9-6-8-24-7-4-5-10-29(24)27/h4-20,32H,21H2,1-3H3,(H2,41,43,45)(H2,42,44,46). The van der Waals surface area contributed by atoms with Crippen molar-refractivity contribution in [3.8, 4) is 34.0 Å². The fraction of sp³-hybridized carbons (Fsp3) is 0.128. The summed E-state index contributed by atoms with van der Waals surface area (Å²) in [6.07, 6.45) is 0. The molecule has 9 heteroatoms. The molecule has 0 aliphatic carbocycles. The number of aryl methyl sites for hydroxylation is 2. The van der Waals surface area contributed by atoms with Gasteiger partial charge in [-0.2, -0.15) is 0 Å². The van der Waals surface area contributed by atoms with E-state index in [0.717, 1.165) is 42.2 Å². The van der Waals surface area contributed by atoms with Crippen LogP contribution in [-0.4, -0.2) is 27.5 Å². The summed E-state index contributed by atoms with van der Waals surface area (Å²) in [5.74, 6) is 0.295. The molecule has 240 valence electrons. The highest BCUT2D eigenvalue weighted by atomic mass is 127. The first kappa shape index (κ1) is 31.3. The van der Waals surface area contributed by atoms with Crippen molar-refractivity contribution in [2.24, 2.45) is 0 Å². The lowest BCUT2D eigenvalue weighted by molar-refractivity contribution is 0.283.